The van der Waals surface area contributed by atoms with E-state index >= 15 is 0 Å². The van der Waals surface area contributed by atoms with Crippen molar-refractivity contribution in [2.24, 2.45) is 9.81 Å². The van der Waals surface area contributed by atoms with Crippen LogP contribution in [0.2, 0.25) is 0 Å². The highest BCUT2D eigenvalue weighted by atomic mass is 32.2. The first kappa shape index (κ1) is 21.2. The predicted octanol–water partition coefficient (Wildman–Crippen LogP) is 4.51. The van der Waals surface area contributed by atoms with Crippen LogP contribution in [0, 0.1) is 5.41 Å². The number of fused-ring (bicyclic) bond motifs is 1. The lowest BCUT2D eigenvalue weighted by atomic mass is 9.74. The van der Waals surface area contributed by atoms with Gasteiger partial charge >= 0.3 is 6.09 Å². The largest absolute Gasteiger partial charge is 0.591 e. The number of benzene rings is 1. The van der Waals surface area contributed by atoms with Gasteiger partial charge in [0.15, 0.2) is 0 Å². The zero-order valence-electron chi connectivity index (χ0n) is 17.9. The van der Waals surface area contributed by atoms with E-state index in [1.807, 2.05) is 53.7 Å². The summed E-state index contributed by atoms with van der Waals surface area (Å²) in [5.41, 5.74) is 2.69. The average Bonchev–Trinajstić information content (AvgIpc) is 2.86. The van der Waals surface area contributed by atoms with E-state index in [1.54, 1.807) is 4.90 Å². The molecule has 1 fully saturated rings. The highest BCUT2D eigenvalue weighted by molar-refractivity contribution is 7.91. The van der Waals surface area contributed by atoms with Gasteiger partial charge in [-0.25, -0.2) is 4.79 Å². The molecule has 0 bridgehead atoms. The molecular formula is C22H32N2O3S. The van der Waals surface area contributed by atoms with Crippen LogP contribution in [0.5, 0.6) is 0 Å². The first-order valence-corrected chi connectivity index (χ1v) is 11.1. The molecule has 28 heavy (non-hydrogen) atoms. The van der Waals surface area contributed by atoms with Crippen LogP contribution >= 0.6 is 0 Å². The van der Waals surface area contributed by atoms with E-state index in [-0.39, 0.29) is 11.5 Å². The van der Waals surface area contributed by atoms with Gasteiger partial charge < -0.3 is 14.2 Å². The summed E-state index contributed by atoms with van der Waals surface area (Å²) >= 11 is -1.31. The molecule has 0 N–H and O–H groups in total. The lowest BCUT2D eigenvalue weighted by Gasteiger charge is -2.39. The highest BCUT2D eigenvalue weighted by Crippen LogP contribution is 2.46. The minimum atomic E-state index is -1.31. The Labute approximate surface area is 171 Å². The third kappa shape index (κ3) is 4.38. The first-order valence-electron chi connectivity index (χ1n) is 9.99. The maximum Gasteiger partial charge on any atom is 0.410 e. The van der Waals surface area contributed by atoms with E-state index < -0.39 is 21.7 Å². The summed E-state index contributed by atoms with van der Waals surface area (Å²) in [5.74, 6) is 0. The van der Waals surface area contributed by atoms with Gasteiger partial charge in [0, 0.05) is 24.1 Å². The molecule has 6 heteroatoms. The molecule has 2 aliphatic rings. The van der Waals surface area contributed by atoms with Crippen molar-refractivity contribution in [3.63, 3.8) is 0 Å². The van der Waals surface area contributed by atoms with E-state index in [4.69, 9.17) is 9.13 Å². The molecule has 0 saturated carbocycles. The summed E-state index contributed by atoms with van der Waals surface area (Å²) in [7, 11) is 0. The smallest absolute Gasteiger partial charge is 0.410 e. The number of likely N-dealkylation sites (tertiary alicyclic amines) is 1. The third-order valence-electron chi connectivity index (χ3n) is 5.37. The Morgan fingerprint density at radius 3 is 2.32 bits per heavy atom. The molecule has 1 aliphatic carbocycles. The quantitative estimate of drug-likeness (QED) is 0.647. The lowest BCUT2D eigenvalue weighted by Crippen LogP contribution is -2.47. The van der Waals surface area contributed by atoms with Crippen molar-refractivity contribution in [3.05, 3.63) is 35.4 Å². The van der Waals surface area contributed by atoms with Crippen molar-refractivity contribution in [2.45, 2.75) is 71.2 Å². The van der Waals surface area contributed by atoms with Gasteiger partial charge in [-0.3, -0.25) is 0 Å². The van der Waals surface area contributed by atoms with Gasteiger partial charge in [-0.2, -0.15) is 0 Å². The van der Waals surface area contributed by atoms with Crippen LogP contribution in [0.1, 0.15) is 65.5 Å². The fraction of sp³-hybridized carbons (Fsp3) is 0.636. The van der Waals surface area contributed by atoms with Gasteiger partial charge in [0.25, 0.3) is 0 Å². The summed E-state index contributed by atoms with van der Waals surface area (Å²) in [6, 6.07) is 8.29. The van der Waals surface area contributed by atoms with E-state index in [0.717, 1.165) is 30.5 Å². The van der Waals surface area contributed by atoms with Crippen LogP contribution in [0.25, 0.3) is 0 Å². The van der Waals surface area contributed by atoms with E-state index in [1.165, 1.54) is 5.56 Å². The summed E-state index contributed by atoms with van der Waals surface area (Å²) in [5, 5.41) is 0. The second-order valence-corrected chi connectivity index (χ2v) is 11.8. The number of rotatable bonds is 1. The van der Waals surface area contributed by atoms with Gasteiger partial charge in [0.1, 0.15) is 27.4 Å². The van der Waals surface area contributed by atoms with Gasteiger partial charge in [0.05, 0.1) is 0 Å². The molecule has 154 valence electrons. The van der Waals surface area contributed by atoms with Crippen LogP contribution in [0.15, 0.2) is 28.7 Å². The Morgan fingerprint density at radius 1 is 1.14 bits per heavy atom. The molecule has 1 aromatic rings. The SMILES string of the molecule is CC(C)(C)OC(=O)N1CCC2(CC1)Cc1ccccc1/C2=N\[S@+]([O-])C(C)(C)C. The van der Waals surface area contributed by atoms with Crippen molar-refractivity contribution in [2.75, 3.05) is 13.1 Å². The van der Waals surface area contributed by atoms with Crippen LogP contribution < -0.4 is 0 Å². The van der Waals surface area contributed by atoms with Crippen molar-refractivity contribution in [1.29, 1.82) is 0 Å². The summed E-state index contributed by atoms with van der Waals surface area (Å²) in [6.07, 6.45) is 2.25. The molecule has 1 saturated heterocycles. The zero-order valence-corrected chi connectivity index (χ0v) is 18.7. The molecule has 0 radical (unpaired) electrons. The molecule has 0 aromatic heterocycles. The lowest BCUT2D eigenvalue weighted by molar-refractivity contribution is 0.0159. The Kier molecular flexibility index (Phi) is 5.58. The molecule has 5 nitrogen and oxygen atoms in total. The second-order valence-electron chi connectivity index (χ2n) is 9.88. The standard InChI is InChI=1S/C22H32N2O3S/c1-20(2,3)27-19(25)24-13-11-22(12-14-24)15-16-9-7-8-10-17(16)18(22)23-28(26)21(4,5)6/h7-10H,11-15H2,1-6H3/b23-18+/t28-/m1/s1. The predicted molar refractivity (Wildman–Crippen MR) is 114 cm³/mol. The summed E-state index contributed by atoms with van der Waals surface area (Å²) in [4.78, 5) is 14.2. The topological polar surface area (TPSA) is 65.0 Å². The van der Waals surface area contributed by atoms with Crippen molar-refractivity contribution >= 4 is 23.2 Å². The number of ether oxygens (including phenoxy) is 1. The van der Waals surface area contributed by atoms with Gasteiger partial charge in [-0.1, -0.05) is 28.7 Å². The van der Waals surface area contributed by atoms with Gasteiger partial charge in [0.2, 0.25) is 0 Å². The molecule has 0 unspecified atom stereocenters. The van der Waals surface area contributed by atoms with Crippen molar-refractivity contribution < 1.29 is 14.1 Å². The van der Waals surface area contributed by atoms with Gasteiger partial charge in [-0.05, 0) is 66.4 Å². The molecule has 1 heterocycles. The Bertz CT molecular complexity index is 769. The van der Waals surface area contributed by atoms with Crippen LogP contribution in [-0.2, 0) is 22.5 Å². The molecule has 1 aromatic carbocycles. The fourth-order valence-corrected chi connectivity index (χ4v) is 4.59. The number of carbonyl (C=O) groups is 1. The first-order chi connectivity index (χ1) is 12.9. The van der Waals surface area contributed by atoms with Crippen molar-refractivity contribution in [3.8, 4) is 0 Å². The van der Waals surface area contributed by atoms with Gasteiger partial charge in [-0.15, -0.1) is 0 Å². The fourth-order valence-electron chi connectivity index (χ4n) is 3.86. The van der Waals surface area contributed by atoms with Crippen LogP contribution in [0.3, 0.4) is 0 Å². The molecule has 1 amide bonds. The number of piperidine rings is 1. The number of nitrogens with zero attached hydrogens (tertiary/aromatic N) is 2. The normalized spacial score (nSPS) is 21.7. The molecular weight excluding hydrogens is 372 g/mol. The number of hydrogen-bond acceptors (Lipinski definition) is 4. The van der Waals surface area contributed by atoms with E-state index in [0.29, 0.717) is 13.1 Å². The Balaban J connectivity index is 1.85. The average molecular weight is 405 g/mol. The minimum absolute atomic E-state index is 0.150. The van der Waals surface area contributed by atoms with E-state index in [2.05, 4.69) is 12.1 Å². The monoisotopic (exact) mass is 404 g/mol. The Hall–Kier alpha value is -1.53. The Morgan fingerprint density at radius 2 is 1.75 bits per heavy atom. The van der Waals surface area contributed by atoms with Crippen molar-refractivity contribution in [1.82, 2.24) is 4.90 Å². The summed E-state index contributed by atoms with van der Waals surface area (Å²) < 4.78 is 22.7. The van der Waals surface area contributed by atoms with Crippen LogP contribution in [0.4, 0.5) is 4.79 Å². The zero-order chi connectivity index (χ0) is 20.7. The second kappa shape index (κ2) is 7.38. The summed E-state index contributed by atoms with van der Waals surface area (Å²) in [6.45, 7) is 12.8. The number of hydrogen-bond donors (Lipinski definition) is 0. The molecule has 1 spiro atoms. The number of amides is 1. The maximum absolute atomic E-state index is 12.8. The minimum Gasteiger partial charge on any atom is -0.591 e. The molecule has 3 rings (SSSR count). The number of carbonyl (C=O) groups excluding carboxylic acids is 1. The molecule has 1 atom stereocenters. The van der Waals surface area contributed by atoms with Crippen LogP contribution in [-0.4, -0.2) is 44.7 Å². The molecule has 1 aliphatic heterocycles. The highest BCUT2D eigenvalue weighted by Gasteiger charge is 2.48. The third-order valence-corrected chi connectivity index (χ3v) is 6.77. The van der Waals surface area contributed by atoms with E-state index in [9.17, 15) is 9.35 Å². The maximum atomic E-state index is 12.8.